The summed E-state index contributed by atoms with van der Waals surface area (Å²) in [6.07, 6.45) is 0.224. The van der Waals surface area contributed by atoms with Gasteiger partial charge in [-0.2, -0.15) is 0 Å². The molecule has 1 aromatic carbocycles. The molecule has 0 aromatic heterocycles. The van der Waals surface area contributed by atoms with E-state index in [0.717, 1.165) is 0 Å². The van der Waals surface area contributed by atoms with Crippen molar-refractivity contribution in [1.29, 1.82) is 0 Å². The number of aliphatic hydroxyl groups excluding tert-OH is 1. The number of carboxylic acid groups (broad SMARTS) is 1. The zero-order valence-corrected chi connectivity index (χ0v) is 8.51. The third-order valence-electron chi connectivity index (χ3n) is 2.23. The van der Waals surface area contributed by atoms with Crippen LogP contribution in [0.2, 0.25) is 0 Å². The first-order valence-electron chi connectivity index (χ1n) is 4.66. The number of aliphatic hydroxyl groups is 1. The SMILES string of the molecule is COc1ccc(C(CCO)C(=O)O)cc1. The number of hydrogen-bond acceptors (Lipinski definition) is 3. The van der Waals surface area contributed by atoms with Gasteiger partial charge in [0.25, 0.3) is 0 Å². The second-order valence-corrected chi connectivity index (χ2v) is 3.18. The van der Waals surface area contributed by atoms with Crippen LogP contribution in [0.4, 0.5) is 0 Å². The minimum Gasteiger partial charge on any atom is -0.497 e. The lowest BCUT2D eigenvalue weighted by Crippen LogP contribution is -2.13. The van der Waals surface area contributed by atoms with Gasteiger partial charge in [-0.15, -0.1) is 0 Å². The van der Waals surface area contributed by atoms with E-state index in [1.807, 2.05) is 0 Å². The van der Waals surface area contributed by atoms with Gasteiger partial charge in [0.1, 0.15) is 5.75 Å². The van der Waals surface area contributed by atoms with E-state index in [2.05, 4.69) is 0 Å². The Morgan fingerprint density at radius 2 is 2.00 bits per heavy atom. The van der Waals surface area contributed by atoms with Crippen molar-refractivity contribution in [3.05, 3.63) is 29.8 Å². The topological polar surface area (TPSA) is 66.8 Å². The Morgan fingerprint density at radius 1 is 1.40 bits per heavy atom. The van der Waals surface area contributed by atoms with E-state index < -0.39 is 11.9 Å². The average molecular weight is 210 g/mol. The van der Waals surface area contributed by atoms with Crippen LogP contribution in [0, 0.1) is 0 Å². The molecular weight excluding hydrogens is 196 g/mol. The molecule has 0 amide bonds. The van der Waals surface area contributed by atoms with Crippen molar-refractivity contribution in [1.82, 2.24) is 0 Å². The summed E-state index contributed by atoms with van der Waals surface area (Å²) in [4.78, 5) is 10.9. The molecule has 82 valence electrons. The van der Waals surface area contributed by atoms with Crippen LogP contribution in [0.5, 0.6) is 5.75 Å². The van der Waals surface area contributed by atoms with Crippen LogP contribution >= 0.6 is 0 Å². The summed E-state index contributed by atoms with van der Waals surface area (Å²) in [7, 11) is 1.55. The standard InChI is InChI=1S/C11H14O4/c1-15-9-4-2-8(3-5-9)10(6-7-12)11(13)14/h2-5,10,12H,6-7H2,1H3,(H,13,14). The molecule has 15 heavy (non-hydrogen) atoms. The summed E-state index contributed by atoms with van der Waals surface area (Å²) in [6.45, 7) is -0.136. The number of rotatable bonds is 5. The molecule has 0 radical (unpaired) electrons. The van der Waals surface area contributed by atoms with Gasteiger partial charge in [-0.05, 0) is 24.1 Å². The molecule has 0 saturated heterocycles. The Balaban J connectivity index is 2.86. The molecule has 2 N–H and O–H groups in total. The van der Waals surface area contributed by atoms with Gasteiger partial charge in [0, 0.05) is 6.61 Å². The van der Waals surface area contributed by atoms with Crippen molar-refractivity contribution in [3.8, 4) is 5.75 Å². The fourth-order valence-electron chi connectivity index (χ4n) is 1.40. The van der Waals surface area contributed by atoms with Crippen LogP contribution < -0.4 is 4.74 Å². The molecule has 0 spiro atoms. The first kappa shape index (κ1) is 11.5. The molecule has 1 atom stereocenters. The van der Waals surface area contributed by atoms with Gasteiger partial charge in [0.2, 0.25) is 0 Å². The van der Waals surface area contributed by atoms with Gasteiger partial charge in [0.15, 0.2) is 0 Å². The van der Waals surface area contributed by atoms with Gasteiger partial charge in [-0.25, -0.2) is 0 Å². The highest BCUT2D eigenvalue weighted by molar-refractivity contribution is 5.76. The van der Waals surface area contributed by atoms with Crippen molar-refractivity contribution >= 4 is 5.97 Å². The third-order valence-corrected chi connectivity index (χ3v) is 2.23. The predicted octanol–water partition coefficient (Wildman–Crippen LogP) is 1.25. The first-order chi connectivity index (χ1) is 7.19. The van der Waals surface area contributed by atoms with Crippen molar-refractivity contribution < 1.29 is 19.7 Å². The van der Waals surface area contributed by atoms with Crippen molar-refractivity contribution in [2.75, 3.05) is 13.7 Å². The summed E-state index contributed by atoms with van der Waals surface area (Å²) in [5.41, 5.74) is 0.678. The molecule has 1 unspecified atom stereocenters. The number of carbonyl (C=O) groups is 1. The predicted molar refractivity (Wildman–Crippen MR) is 55.1 cm³/mol. The van der Waals surface area contributed by atoms with Gasteiger partial charge in [-0.3, -0.25) is 4.79 Å². The van der Waals surface area contributed by atoms with Gasteiger partial charge in [-0.1, -0.05) is 12.1 Å². The van der Waals surface area contributed by atoms with Gasteiger partial charge in [0.05, 0.1) is 13.0 Å². The van der Waals surface area contributed by atoms with E-state index in [4.69, 9.17) is 14.9 Å². The lowest BCUT2D eigenvalue weighted by Gasteiger charge is -2.11. The summed E-state index contributed by atoms with van der Waals surface area (Å²) in [5.74, 6) is -0.887. The molecule has 0 saturated carbocycles. The fourth-order valence-corrected chi connectivity index (χ4v) is 1.40. The summed E-state index contributed by atoms with van der Waals surface area (Å²) < 4.78 is 4.97. The van der Waals surface area contributed by atoms with Crippen LogP contribution in [-0.4, -0.2) is 29.9 Å². The maximum atomic E-state index is 10.9. The maximum Gasteiger partial charge on any atom is 0.311 e. The van der Waals surface area contributed by atoms with Crippen molar-refractivity contribution in [2.24, 2.45) is 0 Å². The second-order valence-electron chi connectivity index (χ2n) is 3.18. The normalized spacial score (nSPS) is 12.1. The number of ether oxygens (including phenoxy) is 1. The second kappa shape index (κ2) is 5.36. The lowest BCUT2D eigenvalue weighted by molar-refractivity contribution is -0.139. The number of methoxy groups -OCH3 is 1. The molecule has 0 bridgehead atoms. The molecule has 0 heterocycles. The highest BCUT2D eigenvalue weighted by Gasteiger charge is 2.18. The quantitative estimate of drug-likeness (QED) is 0.767. The monoisotopic (exact) mass is 210 g/mol. The van der Waals surface area contributed by atoms with E-state index in [1.165, 1.54) is 0 Å². The fraction of sp³-hybridized carbons (Fsp3) is 0.364. The van der Waals surface area contributed by atoms with Crippen LogP contribution in [0.15, 0.2) is 24.3 Å². The zero-order chi connectivity index (χ0) is 11.3. The number of benzene rings is 1. The molecule has 1 aromatic rings. The largest absolute Gasteiger partial charge is 0.497 e. The van der Waals surface area contributed by atoms with Crippen molar-refractivity contribution in [2.45, 2.75) is 12.3 Å². The number of carboxylic acids is 1. The summed E-state index contributed by atoms with van der Waals surface area (Å²) >= 11 is 0. The molecule has 4 nitrogen and oxygen atoms in total. The molecule has 0 fully saturated rings. The van der Waals surface area contributed by atoms with Gasteiger partial charge < -0.3 is 14.9 Å². The lowest BCUT2D eigenvalue weighted by atomic mass is 9.96. The van der Waals surface area contributed by atoms with E-state index in [-0.39, 0.29) is 13.0 Å². The Morgan fingerprint density at radius 3 is 2.40 bits per heavy atom. The van der Waals surface area contributed by atoms with Gasteiger partial charge >= 0.3 is 5.97 Å². The molecule has 1 rings (SSSR count). The molecular formula is C11H14O4. The molecule has 0 aliphatic heterocycles. The molecule has 0 aliphatic rings. The smallest absolute Gasteiger partial charge is 0.311 e. The van der Waals surface area contributed by atoms with E-state index in [9.17, 15) is 4.79 Å². The summed E-state index contributed by atoms with van der Waals surface area (Å²) in [6, 6.07) is 6.83. The van der Waals surface area contributed by atoms with E-state index >= 15 is 0 Å². The minimum atomic E-state index is -0.922. The van der Waals surface area contributed by atoms with E-state index in [0.29, 0.717) is 11.3 Å². The zero-order valence-electron chi connectivity index (χ0n) is 8.51. The van der Waals surface area contributed by atoms with E-state index in [1.54, 1.807) is 31.4 Å². The number of aliphatic carboxylic acids is 1. The highest BCUT2D eigenvalue weighted by atomic mass is 16.5. The third kappa shape index (κ3) is 2.95. The Bertz CT molecular complexity index is 318. The average Bonchev–Trinajstić information content (AvgIpc) is 2.26. The molecule has 4 heteroatoms. The van der Waals surface area contributed by atoms with Crippen LogP contribution in [0.25, 0.3) is 0 Å². The minimum absolute atomic E-state index is 0.136. The summed E-state index contributed by atoms with van der Waals surface area (Å²) in [5, 5.41) is 17.7. The first-order valence-corrected chi connectivity index (χ1v) is 4.66. The number of hydrogen-bond donors (Lipinski definition) is 2. The van der Waals surface area contributed by atoms with Crippen LogP contribution in [0.1, 0.15) is 17.9 Å². The van der Waals surface area contributed by atoms with Crippen LogP contribution in [0.3, 0.4) is 0 Å². The molecule has 0 aliphatic carbocycles. The Hall–Kier alpha value is -1.55. The maximum absolute atomic E-state index is 10.9. The Kier molecular flexibility index (Phi) is 4.12. The Labute approximate surface area is 88.1 Å². The van der Waals surface area contributed by atoms with Crippen molar-refractivity contribution in [3.63, 3.8) is 0 Å². The highest BCUT2D eigenvalue weighted by Crippen LogP contribution is 2.22. The van der Waals surface area contributed by atoms with Crippen LogP contribution in [-0.2, 0) is 4.79 Å².